The molecule has 0 saturated carbocycles. The molecule has 0 fully saturated rings. The van der Waals surface area contributed by atoms with Gasteiger partial charge in [0.2, 0.25) is 5.28 Å². The first kappa shape index (κ1) is 12.3. The highest BCUT2D eigenvalue weighted by Gasteiger charge is 2.09. The van der Waals surface area contributed by atoms with E-state index in [-0.39, 0.29) is 17.4 Å². The minimum Gasteiger partial charge on any atom is -0.208 e. The second-order valence-corrected chi connectivity index (χ2v) is 6.26. The van der Waals surface area contributed by atoms with E-state index in [2.05, 4.69) is 46.8 Å². The first-order chi connectivity index (χ1) is 10.9. The number of nitrogens with zero attached hydrogens (tertiary/aromatic N) is 3. The van der Waals surface area contributed by atoms with Crippen molar-refractivity contribution in [3.05, 3.63) is 62.7 Å². The predicted molar refractivity (Wildman–Crippen MR) is 91.1 cm³/mol. The molecule has 0 bridgehead atoms. The lowest BCUT2D eigenvalue weighted by Crippen LogP contribution is -1.97. The first-order valence-electron chi connectivity index (χ1n) is 6.88. The molecule has 0 N–H and O–H groups in total. The zero-order valence-electron chi connectivity index (χ0n) is 12.4. The van der Waals surface area contributed by atoms with Gasteiger partial charge in [-0.3, -0.25) is 0 Å². The van der Waals surface area contributed by atoms with Gasteiger partial charge in [-0.25, -0.2) is 4.98 Å². The van der Waals surface area contributed by atoms with Crippen molar-refractivity contribution in [1.29, 1.82) is 0 Å². The Kier molecular flexibility index (Phi) is 3.63. The van der Waals surface area contributed by atoms with E-state index in [0.717, 1.165) is 8.95 Å². The largest absolute Gasteiger partial charge is 0.226 e. The Hall–Kier alpha value is -1.30. The normalized spacial score (nSPS) is 12.0. The van der Waals surface area contributed by atoms with Crippen molar-refractivity contribution in [2.24, 2.45) is 0 Å². The van der Waals surface area contributed by atoms with Gasteiger partial charge in [-0.05, 0) is 35.9 Å². The van der Waals surface area contributed by atoms with E-state index in [4.69, 9.17) is 14.3 Å². The molecule has 0 saturated heterocycles. The monoisotopic (exact) mass is 425 g/mol. The van der Waals surface area contributed by atoms with Crippen LogP contribution in [0.25, 0.3) is 22.8 Å². The molecule has 3 nitrogen and oxygen atoms in total. The lowest BCUT2D eigenvalue weighted by atomic mass is 10.2. The van der Waals surface area contributed by atoms with E-state index in [1.165, 1.54) is 0 Å². The maximum Gasteiger partial charge on any atom is 0.226 e. The Balaban J connectivity index is 2.16. The van der Waals surface area contributed by atoms with Gasteiger partial charge >= 0.3 is 0 Å². The molecule has 0 spiro atoms. The van der Waals surface area contributed by atoms with Crippen LogP contribution in [0.15, 0.2) is 57.4 Å². The fraction of sp³-hybridized carbons (Fsp3) is 0. The van der Waals surface area contributed by atoms with Gasteiger partial charge in [0.15, 0.2) is 11.6 Å². The third-order valence-electron chi connectivity index (χ3n) is 2.64. The first-order valence-corrected chi connectivity index (χ1v) is 7.85. The summed E-state index contributed by atoms with van der Waals surface area (Å²) in [7, 11) is 0. The third kappa shape index (κ3) is 3.48. The summed E-state index contributed by atoms with van der Waals surface area (Å²) in [6, 6.07) is 10.9. The second kappa shape index (κ2) is 6.22. The van der Waals surface area contributed by atoms with E-state index < -0.39 is 0 Å². The highest BCUT2D eigenvalue weighted by molar-refractivity contribution is 9.10. The molecular formula is C15H8Br2ClN3. The minimum atomic E-state index is 0.0228. The molecule has 3 aromatic rings. The Morgan fingerprint density at radius 1 is 0.762 bits per heavy atom. The van der Waals surface area contributed by atoms with Gasteiger partial charge in [-0.1, -0.05) is 56.1 Å². The molecule has 104 valence electrons. The maximum atomic E-state index is 8.05. The van der Waals surface area contributed by atoms with E-state index >= 15 is 0 Å². The van der Waals surface area contributed by atoms with E-state index in [1.807, 2.05) is 0 Å². The standard InChI is InChI=1S/C15H8Br2ClN3/c16-11-5-1-9(2-6-11)13-19-14(21-15(18)20-13)10-3-7-12(17)8-4-10/h1-8H/i1D,3D. The fourth-order valence-corrected chi connectivity index (χ4v) is 2.33. The molecule has 6 heteroatoms. The quantitative estimate of drug-likeness (QED) is 0.551. The number of hydrogen-bond acceptors (Lipinski definition) is 3. The number of hydrogen-bond donors (Lipinski definition) is 0. The highest BCUT2D eigenvalue weighted by Crippen LogP contribution is 2.24. The van der Waals surface area contributed by atoms with Crippen molar-refractivity contribution >= 4 is 43.5 Å². The van der Waals surface area contributed by atoms with Crippen LogP contribution in [-0.2, 0) is 0 Å². The van der Waals surface area contributed by atoms with Gasteiger partial charge in [0.1, 0.15) is 0 Å². The summed E-state index contributed by atoms with van der Waals surface area (Å²) >= 11 is 12.7. The molecule has 21 heavy (non-hydrogen) atoms. The Bertz CT molecular complexity index is 836. The van der Waals surface area contributed by atoms with Crippen LogP contribution in [0.4, 0.5) is 0 Å². The summed E-state index contributed by atoms with van der Waals surface area (Å²) in [5, 5.41) is 0.0228. The lowest BCUT2D eigenvalue weighted by molar-refractivity contribution is 1.07. The minimum absolute atomic E-state index is 0.0228. The highest BCUT2D eigenvalue weighted by atomic mass is 79.9. The molecule has 1 aromatic heterocycles. The van der Waals surface area contributed by atoms with Crippen molar-refractivity contribution in [3.63, 3.8) is 0 Å². The molecular weight excluding hydrogens is 417 g/mol. The Labute approximate surface area is 146 Å². The average Bonchev–Trinajstić information content (AvgIpc) is 2.46. The topological polar surface area (TPSA) is 38.7 Å². The molecule has 0 radical (unpaired) electrons. The van der Waals surface area contributed by atoms with Gasteiger partial charge in [0, 0.05) is 20.1 Å². The van der Waals surface area contributed by atoms with Crippen LogP contribution in [0.3, 0.4) is 0 Å². The van der Waals surface area contributed by atoms with Gasteiger partial charge < -0.3 is 0 Å². The molecule has 1 heterocycles. The number of benzene rings is 2. The lowest BCUT2D eigenvalue weighted by Gasteiger charge is -2.05. The molecule has 0 aliphatic rings. The van der Waals surface area contributed by atoms with Crippen LogP contribution in [0.5, 0.6) is 0 Å². The third-order valence-corrected chi connectivity index (χ3v) is 3.80. The van der Waals surface area contributed by atoms with Crippen molar-refractivity contribution in [2.45, 2.75) is 0 Å². The van der Waals surface area contributed by atoms with E-state index in [0.29, 0.717) is 22.8 Å². The molecule has 0 amide bonds. The summed E-state index contributed by atoms with van der Waals surface area (Å²) in [4.78, 5) is 12.6. The van der Waals surface area contributed by atoms with Gasteiger partial charge in [-0.2, -0.15) is 9.97 Å². The molecule has 2 aromatic carbocycles. The van der Waals surface area contributed by atoms with E-state index in [9.17, 15) is 0 Å². The molecule has 0 aliphatic heterocycles. The van der Waals surface area contributed by atoms with Crippen LogP contribution < -0.4 is 0 Å². The summed E-state index contributed by atoms with van der Waals surface area (Å²) in [5.74, 6) is 0.611. The average molecular weight is 428 g/mol. The van der Waals surface area contributed by atoms with Crippen LogP contribution >= 0.6 is 43.5 Å². The Morgan fingerprint density at radius 3 is 1.67 bits per heavy atom. The van der Waals surface area contributed by atoms with Gasteiger partial charge in [-0.15, -0.1) is 0 Å². The smallest absolute Gasteiger partial charge is 0.208 e. The molecule has 0 aliphatic carbocycles. The number of rotatable bonds is 2. The SMILES string of the molecule is [2H]c1cc(Br)ccc1-c1nc(Cl)nc(-c2ccc(Br)cc2[2H])n1. The van der Waals surface area contributed by atoms with Crippen LogP contribution in [0.2, 0.25) is 5.28 Å². The summed E-state index contributed by atoms with van der Waals surface area (Å²) in [5.41, 5.74) is 1.09. The van der Waals surface area contributed by atoms with E-state index in [1.54, 1.807) is 36.4 Å². The number of aromatic nitrogens is 3. The molecule has 3 rings (SSSR count). The summed E-state index contributed by atoms with van der Waals surface area (Å²) in [6.45, 7) is 0. The summed E-state index contributed by atoms with van der Waals surface area (Å²) in [6.07, 6.45) is 0. The van der Waals surface area contributed by atoms with Crippen LogP contribution in [0, 0.1) is 0 Å². The van der Waals surface area contributed by atoms with Crippen molar-refractivity contribution in [3.8, 4) is 22.8 Å². The fourth-order valence-electron chi connectivity index (χ4n) is 1.68. The summed E-state index contributed by atoms with van der Waals surface area (Å²) < 4.78 is 17.7. The van der Waals surface area contributed by atoms with Crippen LogP contribution in [0.1, 0.15) is 2.74 Å². The van der Waals surface area contributed by atoms with Crippen LogP contribution in [-0.4, -0.2) is 15.0 Å². The van der Waals surface area contributed by atoms with Crippen molar-refractivity contribution < 1.29 is 2.74 Å². The Morgan fingerprint density at radius 2 is 1.24 bits per heavy atom. The van der Waals surface area contributed by atoms with Gasteiger partial charge in [0.05, 0.1) is 2.74 Å². The van der Waals surface area contributed by atoms with Crippen molar-refractivity contribution in [1.82, 2.24) is 15.0 Å². The maximum absolute atomic E-state index is 8.05. The predicted octanol–water partition coefficient (Wildman–Crippen LogP) is 5.38. The number of halogens is 3. The van der Waals surface area contributed by atoms with Gasteiger partial charge in [0.25, 0.3) is 0 Å². The second-order valence-electron chi connectivity index (χ2n) is 4.09. The molecule has 0 unspecified atom stereocenters. The van der Waals surface area contributed by atoms with Crippen molar-refractivity contribution in [2.75, 3.05) is 0 Å². The zero-order chi connectivity index (χ0) is 16.6. The zero-order valence-corrected chi connectivity index (χ0v) is 14.4. The molecule has 0 atom stereocenters.